The molecule has 6 aliphatic rings. The fourth-order valence-electron chi connectivity index (χ4n) is 13.5. The summed E-state index contributed by atoms with van der Waals surface area (Å²) in [7, 11) is 1.67. The number of carbonyl (C=O) groups is 2. The smallest absolute Gasteiger partial charge is 0.302 e. The lowest BCUT2D eigenvalue weighted by Crippen LogP contribution is -2.66. The van der Waals surface area contributed by atoms with Crippen LogP contribution in [-0.4, -0.2) is 66.2 Å². The van der Waals surface area contributed by atoms with E-state index in [-0.39, 0.29) is 45.1 Å². The van der Waals surface area contributed by atoms with Gasteiger partial charge in [-0.3, -0.25) is 9.59 Å². The van der Waals surface area contributed by atoms with Crippen LogP contribution in [0, 0.1) is 56.7 Å². The first-order valence-corrected chi connectivity index (χ1v) is 20.8. The number of amides is 1. The average molecular weight is 732 g/mol. The van der Waals surface area contributed by atoms with Crippen molar-refractivity contribution in [2.24, 2.45) is 56.7 Å². The Morgan fingerprint density at radius 1 is 0.846 bits per heavy atom. The van der Waals surface area contributed by atoms with Crippen molar-refractivity contribution in [1.29, 1.82) is 0 Å². The zero-order valence-corrected chi connectivity index (χ0v) is 34.3. The Kier molecular flexibility index (Phi) is 9.64. The molecule has 8 heteroatoms. The molecule has 0 spiro atoms. The summed E-state index contributed by atoms with van der Waals surface area (Å²) < 4.78 is 11.3. The van der Waals surface area contributed by atoms with Gasteiger partial charge in [-0.2, -0.15) is 0 Å². The maximum Gasteiger partial charge on any atom is 0.302 e. The first-order valence-electron chi connectivity index (χ1n) is 20.4. The minimum atomic E-state index is -0.324. The van der Waals surface area contributed by atoms with Crippen molar-refractivity contribution in [3.8, 4) is 5.75 Å². The van der Waals surface area contributed by atoms with Gasteiger partial charge >= 0.3 is 5.97 Å². The lowest BCUT2D eigenvalue weighted by molar-refractivity contribution is -0.213. The normalized spacial score (nSPS) is 40.9. The van der Waals surface area contributed by atoms with Gasteiger partial charge in [0, 0.05) is 44.2 Å². The van der Waals surface area contributed by atoms with Crippen LogP contribution >= 0.6 is 12.2 Å². The van der Waals surface area contributed by atoms with Gasteiger partial charge in [0.2, 0.25) is 5.91 Å². The summed E-state index contributed by atoms with van der Waals surface area (Å²) in [5.41, 5.74) is 2.62. The predicted octanol–water partition coefficient (Wildman–Crippen LogP) is 9.13. The summed E-state index contributed by atoms with van der Waals surface area (Å²) in [6.07, 6.45) is 12.4. The highest BCUT2D eigenvalue weighted by molar-refractivity contribution is 7.80. The van der Waals surface area contributed by atoms with Crippen molar-refractivity contribution in [1.82, 2.24) is 9.80 Å². The van der Waals surface area contributed by atoms with Crippen LogP contribution in [0.1, 0.15) is 113 Å². The number of hydrogen-bond acceptors (Lipinski definition) is 5. The van der Waals surface area contributed by atoms with Gasteiger partial charge in [-0.25, -0.2) is 0 Å². The Morgan fingerprint density at radius 2 is 1.52 bits per heavy atom. The molecule has 1 heterocycles. The average Bonchev–Trinajstić information content (AvgIpc) is 3.11. The Bertz CT molecular complexity index is 1600. The summed E-state index contributed by atoms with van der Waals surface area (Å²) in [4.78, 5) is 31.7. The van der Waals surface area contributed by atoms with Gasteiger partial charge in [-0.15, -0.1) is 0 Å². The number of rotatable bonds is 4. The van der Waals surface area contributed by atoms with E-state index < -0.39 is 0 Å². The lowest BCUT2D eigenvalue weighted by atomic mass is 9.33. The highest BCUT2D eigenvalue weighted by atomic mass is 32.1. The number of esters is 1. The first-order chi connectivity index (χ1) is 24.5. The molecule has 7 rings (SSSR count). The molecule has 0 aromatic heterocycles. The highest BCUT2D eigenvalue weighted by Crippen LogP contribution is 2.76. The van der Waals surface area contributed by atoms with Crippen LogP contribution in [0.5, 0.6) is 5.75 Å². The SMILES string of the molecule is COc1ccc(NC(=S)N2CCN(C(=O)[C@]34CC[C@@H](C)[C@H](C)[C@H]3C3=CC[C@@H]5[C@@]6(C)CC[C@H](OC(C)=O)C(C)(C)[C@@H]6CC[C@@]5(C)[C@]3(C)CC4)CC2)cc1. The van der Waals surface area contributed by atoms with Crippen molar-refractivity contribution in [2.75, 3.05) is 38.6 Å². The lowest BCUT2D eigenvalue weighted by Gasteiger charge is -2.71. The number of hydrogen-bond donors (Lipinski definition) is 1. The third-order valence-electron chi connectivity index (χ3n) is 16.9. The van der Waals surface area contributed by atoms with E-state index in [1.54, 1.807) is 19.6 Å². The highest BCUT2D eigenvalue weighted by Gasteiger charge is 2.70. The monoisotopic (exact) mass is 731 g/mol. The van der Waals surface area contributed by atoms with E-state index in [9.17, 15) is 4.79 Å². The number of benzene rings is 1. The topological polar surface area (TPSA) is 71.1 Å². The van der Waals surface area contributed by atoms with E-state index in [0.717, 1.165) is 69.5 Å². The van der Waals surface area contributed by atoms with Gasteiger partial charge in [0.15, 0.2) is 5.11 Å². The Hall–Kier alpha value is -2.61. The standard InChI is InChI=1S/C44H65N3O4S/c1-28-16-21-44(38(49)46-24-26-47(27-25-46)39(52)45-31-10-12-32(50-9)13-11-31)23-22-42(7)33(37(44)29(28)2)14-15-35-41(6)19-18-36(51-30(3)48)40(4,5)34(41)17-20-43(35,42)8/h10-14,28-29,34-37H,15-27H2,1-9H3,(H,45,52)/t28-,29+,34+,35-,36+,37+,41+,42-,43-,44+/m1/s1. The fraction of sp³-hybridized carbons (Fsp3) is 0.750. The van der Waals surface area contributed by atoms with E-state index in [4.69, 9.17) is 21.7 Å². The molecule has 0 radical (unpaired) electrons. The summed E-state index contributed by atoms with van der Waals surface area (Å²) in [5, 5.41) is 4.10. The van der Waals surface area contributed by atoms with Crippen LogP contribution in [0.4, 0.5) is 5.69 Å². The molecule has 7 nitrogen and oxygen atoms in total. The Balaban J connectivity index is 1.13. The second kappa shape index (κ2) is 13.3. The zero-order chi connectivity index (χ0) is 37.4. The number of anilines is 1. The van der Waals surface area contributed by atoms with Crippen LogP contribution in [0.15, 0.2) is 35.9 Å². The molecule has 52 heavy (non-hydrogen) atoms. The minimum Gasteiger partial charge on any atom is -0.497 e. The predicted molar refractivity (Wildman–Crippen MR) is 212 cm³/mol. The molecule has 10 atom stereocenters. The number of allylic oxidation sites excluding steroid dienone is 2. The molecule has 5 aliphatic carbocycles. The van der Waals surface area contributed by atoms with Crippen LogP contribution in [0.2, 0.25) is 0 Å². The number of methoxy groups -OCH3 is 1. The van der Waals surface area contributed by atoms with Crippen molar-refractivity contribution in [2.45, 2.75) is 119 Å². The van der Waals surface area contributed by atoms with Crippen LogP contribution < -0.4 is 10.1 Å². The zero-order valence-electron chi connectivity index (χ0n) is 33.5. The van der Waals surface area contributed by atoms with E-state index in [0.29, 0.717) is 47.8 Å². The van der Waals surface area contributed by atoms with E-state index >= 15 is 4.79 Å². The van der Waals surface area contributed by atoms with Gasteiger partial charge in [0.1, 0.15) is 11.9 Å². The first kappa shape index (κ1) is 37.7. The van der Waals surface area contributed by atoms with Gasteiger partial charge in [0.25, 0.3) is 0 Å². The van der Waals surface area contributed by atoms with Crippen LogP contribution in [-0.2, 0) is 14.3 Å². The van der Waals surface area contributed by atoms with E-state index in [2.05, 4.69) is 69.7 Å². The fourth-order valence-corrected chi connectivity index (χ4v) is 13.8. The Labute approximate surface area is 319 Å². The van der Waals surface area contributed by atoms with Crippen LogP contribution in [0.25, 0.3) is 0 Å². The van der Waals surface area contributed by atoms with Crippen molar-refractivity contribution in [3.63, 3.8) is 0 Å². The van der Waals surface area contributed by atoms with Gasteiger partial charge in [-0.1, -0.05) is 60.1 Å². The molecule has 286 valence electrons. The molecular formula is C44H65N3O4S. The maximum absolute atomic E-state index is 15.1. The summed E-state index contributed by atoms with van der Waals surface area (Å²) in [6, 6.07) is 7.84. The number of nitrogens with one attached hydrogen (secondary N) is 1. The number of fused-ring (bicyclic) bond motifs is 7. The second-order valence-corrected chi connectivity index (χ2v) is 19.6. The number of carbonyl (C=O) groups excluding carboxylic acids is 2. The van der Waals surface area contributed by atoms with Crippen molar-refractivity contribution < 1.29 is 19.1 Å². The van der Waals surface area contributed by atoms with E-state index in [1.807, 2.05) is 24.3 Å². The molecule has 0 unspecified atom stereocenters. The molecule has 1 aliphatic heterocycles. The second-order valence-electron chi connectivity index (χ2n) is 19.2. The number of piperazine rings is 1. The third-order valence-corrected chi connectivity index (χ3v) is 17.2. The molecule has 1 aromatic rings. The number of nitrogens with zero attached hydrogens (tertiary/aromatic N) is 2. The molecule has 1 aromatic carbocycles. The summed E-state index contributed by atoms with van der Waals surface area (Å²) >= 11 is 5.83. The molecule has 1 amide bonds. The minimum absolute atomic E-state index is 0.00853. The van der Waals surface area contributed by atoms with E-state index in [1.165, 1.54) is 12.8 Å². The summed E-state index contributed by atoms with van der Waals surface area (Å²) in [5.74, 6) is 3.53. The molecule has 4 saturated carbocycles. The van der Waals surface area contributed by atoms with Gasteiger partial charge < -0.3 is 24.6 Å². The van der Waals surface area contributed by atoms with Gasteiger partial charge in [0.05, 0.1) is 12.5 Å². The number of ether oxygens (including phenoxy) is 2. The molecule has 0 bridgehead atoms. The molecule has 5 fully saturated rings. The quantitative estimate of drug-likeness (QED) is 0.188. The maximum atomic E-state index is 15.1. The van der Waals surface area contributed by atoms with Crippen LogP contribution in [0.3, 0.4) is 0 Å². The largest absolute Gasteiger partial charge is 0.497 e. The molecule has 1 N–H and O–H groups in total. The van der Waals surface area contributed by atoms with Crippen molar-refractivity contribution >= 4 is 34.9 Å². The van der Waals surface area contributed by atoms with Gasteiger partial charge in [-0.05, 0) is 140 Å². The number of thiocarbonyl (C=S) groups is 1. The Morgan fingerprint density at radius 3 is 2.17 bits per heavy atom. The molecule has 1 saturated heterocycles. The van der Waals surface area contributed by atoms with Crippen molar-refractivity contribution in [3.05, 3.63) is 35.9 Å². The third kappa shape index (κ3) is 5.65. The molecular weight excluding hydrogens is 667 g/mol. The summed E-state index contributed by atoms with van der Waals surface area (Å²) in [6.45, 7) is 22.0.